The minimum Gasteiger partial charge on any atom is -0.385 e. The minimum absolute atomic E-state index is 0.547. The highest BCUT2D eigenvalue weighted by atomic mass is 16.5. The molecular weight excluding hydrogens is 238 g/mol. The van der Waals surface area contributed by atoms with E-state index in [0.29, 0.717) is 18.0 Å². The summed E-state index contributed by atoms with van der Waals surface area (Å²) < 4.78 is 5.25. The minimum atomic E-state index is 0.547. The summed E-state index contributed by atoms with van der Waals surface area (Å²) in [4.78, 5) is 5.02. The second-order valence-corrected chi connectivity index (χ2v) is 6.01. The van der Waals surface area contributed by atoms with E-state index in [-0.39, 0.29) is 0 Å². The van der Waals surface area contributed by atoms with Crippen LogP contribution in [0.3, 0.4) is 0 Å². The van der Waals surface area contributed by atoms with E-state index in [2.05, 4.69) is 43.1 Å². The zero-order valence-corrected chi connectivity index (χ0v) is 13.5. The Morgan fingerprint density at radius 3 is 2.68 bits per heavy atom. The van der Waals surface area contributed by atoms with E-state index < -0.39 is 0 Å². The highest BCUT2D eigenvalue weighted by Gasteiger charge is 2.31. The molecule has 1 N–H and O–H groups in total. The van der Waals surface area contributed by atoms with Crippen molar-refractivity contribution in [2.24, 2.45) is 5.92 Å². The van der Waals surface area contributed by atoms with Crippen LogP contribution in [0.4, 0.5) is 0 Å². The predicted octanol–water partition coefficient (Wildman–Crippen LogP) is 1.27. The molecule has 0 aromatic carbocycles. The molecule has 3 atom stereocenters. The molecule has 114 valence electrons. The first-order chi connectivity index (χ1) is 9.10. The fourth-order valence-electron chi connectivity index (χ4n) is 3.13. The monoisotopic (exact) mass is 271 g/mol. The van der Waals surface area contributed by atoms with Gasteiger partial charge < -0.3 is 19.9 Å². The van der Waals surface area contributed by atoms with Crippen molar-refractivity contribution < 1.29 is 4.74 Å². The van der Waals surface area contributed by atoms with Crippen LogP contribution in [0.15, 0.2) is 0 Å². The summed E-state index contributed by atoms with van der Waals surface area (Å²) in [5.41, 5.74) is 0. The molecule has 0 amide bonds. The van der Waals surface area contributed by atoms with Gasteiger partial charge in [0, 0.05) is 32.3 Å². The highest BCUT2D eigenvalue weighted by molar-refractivity contribution is 4.90. The Morgan fingerprint density at radius 1 is 1.32 bits per heavy atom. The Labute approximate surface area is 119 Å². The summed E-state index contributed by atoms with van der Waals surface area (Å²) in [5, 5.41) is 3.72. The van der Waals surface area contributed by atoms with Gasteiger partial charge in [-0.15, -0.1) is 0 Å². The third-order valence-electron chi connectivity index (χ3n) is 4.36. The van der Waals surface area contributed by atoms with Gasteiger partial charge in [-0.05, 0) is 52.5 Å². The van der Waals surface area contributed by atoms with Crippen LogP contribution < -0.4 is 5.32 Å². The Hall–Kier alpha value is -0.160. The molecule has 0 aromatic rings. The van der Waals surface area contributed by atoms with Crippen molar-refractivity contribution in [3.05, 3.63) is 0 Å². The smallest absolute Gasteiger partial charge is 0.0465 e. The third-order valence-corrected chi connectivity index (χ3v) is 4.36. The Morgan fingerprint density at radius 2 is 2.05 bits per heavy atom. The number of likely N-dealkylation sites (N-methyl/N-ethyl adjacent to an activating group) is 3. The Kier molecular flexibility index (Phi) is 7.91. The van der Waals surface area contributed by atoms with Crippen LogP contribution in [0.5, 0.6) is 0 Å². The van der Waals surface area contributed by atoms with Gasteiger partial charge in [0.15, 0.2) is 0 Å². The average molecular weight is 271 g/mol. The maximum Gasteiger partial charge on any atom is 0.0465 e. The molecule has 1 fully saturated rings. The van der Waals surface area contributed by atoms with Crippen molar-refractivity contribution in [1.29, 1.82) is 0 Å². The van der Waals surface area contributed by atoms with E-state index in [1.165, 1.54) is 19.5 Å². The number of nitrogens with zero attached hydrogens (tertiary/aromatic N) is 2. The van der Waals surface area contributed by atoms with Crippen molar-refractivity contribution in [3.63, 3.8) is 0 Å². The largest absolute Gasteiger partial charge is 0.385 e. The van der Waals surface area contributed by atoms with Gasteiger partial charge >= 0.3 is 0 Å². The topological polar surface area (TPSA) is 27.7 Å². The summed E-state index contributed by atoms with van der Waals surface area (Å²) in [6.45, 7) is 10.0. The van der Waals surface area contributed by atoms with E-state index in [9.17, 15) is 0 Å². The van der Waals surface area contributed by atoms with E-state index in [1.807, 2.05) is 0 Å². The standard InChI is InChI=1S/C15H33N3O/c1-6-16-15(13(2)8-11-19-5)14-12-17(3)9-7-10-18(14)4/h13-16H,6-12H2,1-5H3. The molecule has 4 heteroatoms. The van der Waals surface area contributed by atoms with Gasteiger partial charge in [-0.3, -0.25) is 0 Å². The summed E-state index contributed by atoms with van der Waals surface area (Å²) >= 11 is 0. The van der Waals surface area contributed by atoms with Crippen molar-refractivity contribution >= 4 is 0 Å². The lowest BCUT2D eigenvalue weighted by Gasteiger charge is -2.38. The summed E-state index contributed by atoms with van der Waals surface area (Å²) in [7, 11) is 6.31. The number of hydrogen-bond donors (Lipinski definition) is 1. The SMILES string of the molecule is CCNC(C(C)CCOC)C1CN(C)CCCN1C. The zero-order chi connectivity index (χ0) is 14.3. The van der Waals surface area contributed by atoms with E-state index in [4.69, 9.17) is 4.74 Å². The van der Waals surface area contributed by atoms with E-state index in [0.717, 1.165) is 26.1 Å². The van der Waals surface area contributed by atoms with Crippen molar-refractivity contribution in [2.45, 2.75) is 38.8 Å². The lowest BCUT2D eigenvalue weighted by molar-refractivity contribution is 0.123. The normalized spacial score (nSPS) is 26.1. The molecule has 0 radical (unpaired) electrons. The Bertz CT molecular complexity index is 237. The fourth-order valence-corrected chi connectivity index (χ4v) is 3.13. The first-order valence-corrected chi connectivity index (χ1v) is 7.71. The Balaban J connectivity index is 2.70. The van der Waals surface area contributed by atoms with Gasteiger partial charge in [0.25, 0.3) is 0 Å². The van der Waals surface area contributed by atoms with Gasteiger partial charge in [0.2, 0.25) is 0 Å². The van der Waals surface area contributed by atoms with Crippen molar-refractivity contribution in [3.8, 4) is 0 Å². The van der Waals surface area contributed by atoms with Crippen molar-refractivity contribution in [2.75, 3.05) is 54.0 Å². The number of methoxy groups -OCH3 is 1. The van der Waals surface area contributed by atoms with Gasteiger partial charge in [-0.25, -0.2) is 0 Å². The molecule has 0 aliphatic carbocycles. The summed E-state index contributed by atoms with van der Waals surface area (Å²) in [5.74, 6) is 0.638. The molecule has 1 aliphatic rings. The first-order valence-electron chi connectivity index (χ1n) is 7.71. The van der Waals surface area contributed by atoms with Gasteiger partial charge in [0.1, 0.15) is 0 Å². The van der Waals surface area contributed by atoms with Gasteiger partial charge in [-0.1, -0.05) is 13.8 Å². The lowest BCUT2D eigenvalue weighted by atomic mass is 9.91. The van der Waals surface area contributed by atoms with Crippen LogP contribution in [0, 0.1) is 5.92 Å². The lowest BCUT2D eigenvalue weighted by Crippen LogP contribution is -2.55. The predicted molar refractivity (Wildman–Crippen MR) is 81.7 cm³/mol. The maximum atomic E-state index is 5.25. The average Bonchev–Trinajstić information content (AvgIpc) is 2.55. The van der Waals surface area contributed by atoms with Crippen LogP contribution in [-0.2, 0) is 4.74 Å². The molecule has 0 saturated carbocycles. The number of ether oxygens (including phenoxy) is 1. The van der Waals surface area contributed by atoms with Crippen LogP contribution in [0.25, 0.3) is 0 Å². The number of hydrogen-bond acceptors (Lipinski definition) is 4. The molecule has 1 aliphatic heterocycles. The molecule has 19 heavy (non-hydrogen) atoms. The van der Waals surface area contributed by atoms with E-state index in [1.54, 1.807) is 7.11 Å². The highest BCUT2D eigenvalue weighted by Crippen LogP contribution is 2.19. The van der Waals surface area contributed by atoms with Gasteiger partial charge in [0.05, 0.1) is 0 Å². The summed E-state index contributed by atoms with van der Waals surface area (Å²) in [6.07, 6.45) is 2.40. The van der Waals surface area contributed by atoms with Gasteiger partial charge in [-0.2, -0.15) is 0 Å². The van der Waals surface area contributed by atoms with Crippen LogP contribution in [-0.4, -0.2) is 75.9 Å². The fraction of sp³-hybridized carbons (Fsp3) is 1.00. The van der Waals surface area contributed by atoms with Crippen molar-refractivity contribution in [1.82, 2.24) is 15.1 Å². The quantitative estimate of drug-likeness (QED) is 0.755. The van der Waals surface area contributed by atoms with Crippen LogP contribution in [0.1, 0.15) is 26.7 Å². The van der Waals surface area contributed by atoms with Crippen LogP contribution in [0.2, 0.25) is 0 Å². The third kappa shape index (κ3) is 5.38. The molecule has 1 saturated heterocycles. The second kappa shape index (κ2) is 8.90. The molecule has 1 rings (SSSR count). The molecular formula is C15H33N3O. The molecule has 1 heterocycles. The molecule has 0 bridgehead atoms. The molecule has 0 aromatic heterocycles. The maximum absolute atomic E-state index is 5.25. The second-order valence-electron chi connectivity index (χ2n) is 6.01. The summed E-state index contributed by atoms with van der Waals surface area (Å²) in [6, 6.07) is 1.14. The van der Waals surface area contributed by atoms with Crippen LogP contribution >= 0.6 is 0 Å². The van der Waals surface area contributed by atoms with E-state index >= 15 is 0 Å². The molecule has 3 unspecified atom stereocenters. The number of nitrogens with one attached hydrogen (secondary N) is 1. The first kappa shape index (κ1) is 16.9. The molecule has 4 nitrogen and oxygen atoms in total. The number of rotatable bonds is 7. The zero-order valence-electron chi connectivity index (χ0n) is 13.5. The molecule has 0 spiro atoms.